The number of aliphatic hydroxyl groups is 1. The first kappa shape index (κ1) is 47.0. The molecule has 2 aliphatic heterocycles. The van der Waals surface area contributed by atoms with E-state index in [-0.39, 0.29) is 31.0 Å². The van der Waals surface area contributed by atoms with Gasteiger partial charge < -0.3 is 40.7 Å². The van der Waals surface area contributed by atoms with E-state index in [0.717, 1.165) is 31.1 Å². The molecule has 6 N–H and O–H groups in total. The highest BCUT2D eigenvalue weighted by atomic mass is 32.1. The molecule has 2 aromatic rings. The fraction of sp³-hybridized carbons (Fsp3) is 0.659. The number of carbonyl (C=O) groups excluding carboxylic acids is 4. The van der Waals surface area contributed by atoms with Crippen LogP contribution in [0.25, 0.3) is 0 Å². The van der Waals surface area contributed by atoms with Crippen LogP contribution in [0.3, 0.4) is 0 Å². The average molecular weight is 830 g/mol. The predicted octanol–water partition coefficient (Wildman–Crippen LogP) is 1.82. The Morgan fingerprint density at radius 1 is 0.793 bits per heavy atom. The Morgan fingerprint density at radius 2 is 1.31 bits per heavy atom. The molecule has 0 aliphatic carbocycles. The van der Waals surface area contributed by atoms with E-state index in [1.807, 2.05) is 63.4 Å². The van der Waals surface area contributed by atoms with Crippen LogP contribution < -0.4 is 21.8 Å². The smallest absolute Gasteiger partial charge is 0.317 e. The number of Topliss-reactive ketones (excluding diaryl/α,β-unsaturated/α-hetero) is 1. The van der Waals surface area contributed by atoms with Crippen molar-refractivity contribution in [1.29, 1.82) is 0 Å². The van der Waals surface area contributed by atoms with Gasteiger partial charge in [-0.25, -0.2) is 14.6 Å². The molecule has 0 spiro atoms. The van der Waals surface area contributed by atoms with Gasteiger partial charge in [-0.05, 0) is 28.8 Å². The molecule has 2 saturated heterocycles. The number of rotatable bonds is 21. The van der Waals surface area contributed by atoms with Gasteiger partial charge in [0.1, 0.15) is 6.04 Å². The SMILES string of the molecule is CC(C)[C@H](NC(=O)N(C)CCN1CCOCC1)C(=O)NN(Cc1cccs1)C[C@H](O)C(C(=O)[C@@H](NC(=O)N(C)CCN1CCOCC1)C(C)C)C(N)c1ccccc1. The molecule has 3 heterocycles. The Hall–Kier alpha value is -3.68. The Bertz CT molecular complexity index is 1540. The van der Waals surface area contributed by atoms with E-state index in [4.69, 9.17) is 15.2 Å². The number of ether oxygens (including phenoxy) is 2. The number of carbonyl (C=O) groups is 4. The molecule has 58 heavy (non-hydrogen) atoms. The van der Waals surface area contributed by atoms with Crippen LogP contribution in [-0.2, 0) is 25.6 Å². The van der Waals surface area contributed by atoms with Crippen LogP contribution in [0.2, 0.25) is 0 Å². The van der Waals surface area contributed by atoms with Crippen LogP contribution in [-0.4, -0.2) is 171 Å². The van der Waals surface area contributed by atoms with E-state index >= 15 is 0 Å². The topological polar surface area (TPSA) is 185 Å². The lowest BCUT2D eigenvalue weighted by molar-refractivity contribution is -0.133. The zero-order valence-corrected chi connectivity index (χ0v) is 36.0. The maximum Gasteiger partial charge on any atom is 0.317 e. The number of morpholine rings is 2. The molecule has 0 bridgehead atoms. The van der Waals surface area contributed by atoms with Gasteiger partial charge in [0.2, 0.25) is 0 Å². The molecule has 17 heteroatoms. The molecule has 0 saturated carbocycles. The van der Waals surface area contributed by atoms with E-state index < -0.39 is 47.9 Å². The maximum atomic E-state index is 14.7. The van der Waals surface area contributed by atoms with Crippen LogP contribution in [0.4, 0.5) is 9.59 Å². The lowest BCUT2D eigenvalue weighted by atomic mass is 9.80. The Labute approximate surface area is 348 Å². The summed E-state index contributed by atoms with van der Waals surface area (Å²) < 4.78 is 10.9. The number of aliphatic hydroxyl groups excluding tert-OH is 1. The number of hydrazine groups is 1. The second-order valence-electron chi connectivity index (χ2n) is 16.0. The van der Waals surface area contributed by atoms with Crippen molar-refractivity contribution in [3.63, 3.8) is 0 Å². The summed E-state index contributed by atoms with van der Waals surface area (Å²) in [5, 5.41) is 21.5. The third-order valence-corrected chi connectivity index (χ3v) is 11.7. The molecule has 2 fully saturated rings. The highest BCUT2D eigenvalue weighted by Crippen LogP contribution is 2.27. The number of nitrogens with zero attached hydrogens (tertiary/aromatic N) is 5. The van der Waals surface area contributed by atoms with Gasteiger partial charge in [0.25, 0.3) is 5.91 Å². The second-order valence-corrected chi connectivity index (χ2v) is 17.0. The maximum absolute atomic E-state index is 14.7. The highest BCUT2D eigenvalue weighted by Gasteiger charge is 2.40. The van der Waals surface area contributed by atoms with E-state index in [9.17, 15) is 24.3 Å². The Balaban J connectivity index is 1.51. The zero-order chi connectivity index (χ0) is 42.2. The minimum absolute atomic E-state index is 0.170. The van der Waals surface area contributed by atoms with Crippen molar-refractivity contribution in [1.82, 2.24) is 40.7 Å². The van der Waals surface area contributed by atoms with Gasteiger partial charge in [0, 0.05) is 83.9 Å². The Morgan fingerprint density at radius 3 is 1.79 bits per heavy atom. The minimum Gasteiger partial charge on any atom is -0.391 e. The van der Waals surface area contributed by atoms with E-state index in [0.29, 0.717) is 58.2 Å². The van der Waals surface area contributed by atoms with Gasteiger partial charge in [-0.1, -0.05) is 64.1 Å². The molecular weight excluding hydrogens is 763 g/mol. The lowest BCUT2D eigenvalue weighted by Gasteiger charge is -2.36. The summed E-state index contributed by atoms with van der Waals surface area (Å²) in [4.78, 5) is 64.1. The van der Waals surface area contributed by atoms with Crippen LogP contribution in [0.15, 0.2) is 47.8 Å². The molecule has 0 radical (unpaired) electrons. The number of ketones is 1. The van der Waals surface area contributed by atoms with Crippen LogP contribution >= 0.6 is 11.3 Å². The van der Waals surface area contributed by atoms with Crippen molar-refractivity contribution in [2.45, 2.75) is 58.5 Å². The van der Waals surface area contributed by atoms with E-state index in [1.54, 1.807) is 41.0 Å². The van der Waals surface area contributed by atoms with Gasteiger partial charge in [-0.3, -0.25) is 24.8 Å². The van der Waals surface area contributed by atoms with Crippen LogP contribution in [0.5, 0.6) is 0 Å². The summed E-state index contributed by atoms with van der Waals surface area (Å²) in [6, 6.07) is 9.33. The molecule has 5 amide bonds. The quantitative estimate of drug-likeness (QED) is 0.116. The number of thiophene rings is 1. The van der Waals surface area contributed by atoms with Crippen molar-refractivity contribution in [3.8, 4) is 0 Å². The number of amides is 5. The molecule has 1 aromatic carbocycles. The first-order valence-electron chi connectivity index (χ1n) is 20.5. The summed E-state index contributed by atoms with van der Waals surface area (Å²) in [6.07, 6.45) is -1.38. The largest absolute Gasteiger partial charge is 0.391 e. The number of nitrogens with one attached hydrogen (secondary N) is 3. The molecule has 16 nitrogen and oxygen atoms in total. The molecule has 2 unspecified atom stereocenters. The Kier molecular flexibility index (Phi) is 19.3. The number of likely N-dealkylation sites (N-methyl/N-ethyl adjacent to an activating group) is 2. The molecule has 2 aliphatic rings. The fourth-order valence-corrected chi connectivity index (χ4v) is 7.74. The van der Waals surface area contributed by atoms with Crippen molar-refractivity contribution in [2.24, 2.45) is 23.5 Å². The third kappa shape index (κ3) is 14.5. The number of nitrogens with two attached hydrogens (primary N) is 1. The molecule has 5 atom stereocenters. The van der Waals surface area contributed by atoms with Gasteiger partial charge >= 0.3 is 12.1 Å². The summed E-state index contributed by atoms with van der Waals surface area (Å²) >= 11 is 1.49. The van der Waals surface area contributed by atoms with E-state index in [1.165, 1.54) is 11.3 Å². The predicted molar refractivity (Wildman–Crippen MR) is 225 cm³/mol. The van der Waals surface area contributed by atoms with Gasteiger partial charge in [-0.15, -0.1) is 11.3 Å². The first-order chi connectivity index (χ1) is 27.7. The van der Waals surface area contributed by atoms with Crippen molar-refractivity contribution >= 4 is 35.1 Å². The second kappa shape index (κ2) is 23.8. The zero-order valence-electron chi connectivity index (χ0n) is 35.2. The number of urea groups is 2. The number of hydrogen-bond donors (Lipinski definition) is 5. The number of hydrogen-bond acceptors (Lipinski definition) is 12. The fourth-order valence-electron chi connectivity index (χ4n) is 7.02. The normalized spacial score (nSPS) is 18.0. The summed E-state index contributed by atoms with van der Waals surface area (Å²) in [5.41, 5.74) is 10.5. The average Bonchev–Trinajstić information content (AvgIpc) is 3.73. The van der Waals surface area contributed by atoms with Gasteiger partial charge in [0.15, 0.2) is 5.78 Å². The summed E-state index contributed by atoms with van der Waals surface area (Å²) in [6.45, 7) is 15.6. The van der Waals surface area contributed by atoms with Crippen LogP contribution in [0, 0.1) is 17.8 Å². The summed E-state index contributed by atoms with van der Waals surface area (Å²) in [5.74, 6) is -2.64. The number of benzene rings is 1. The van der Waals surface area contributed by atoms with Crippen molar-refractivity contribution in [3.05, 3.63) is 58.3 Å². The monoisotopic (exact) mass is 829 g/mol. The van der Waals surface area contributed by atoms with Gasteiger partial charge in [0.05, 0.1) is 51.0 Å². The van der Waals surface area contributed by atoms with E-state index in [2.05, 4.69) is 25.9 Å². The molecular formula is C41H67N9O7S. The van der Waals surface area contributed by atoms with Gasteiger partial charge in [-0.2, -0.15) is 0 Å². The molecule has 324 valence electrons. The van der Waals surface area contributed by atoms with Crippen molar-refractivity contribution in [2.75, 3.05) is 99.4 Å². The summed E-state index contributed by atoms with van der Waals surface area (Å²) in [7, 11) is 3.40. The molecule has 1 aromatic heterocycles. The molecule has 4 rings (SSSR count). The van der Waals surface area contributed by atoms with Crippen molar-refractivity contribution < 1.29 is 33.8 Å². The van der Waals surface area contributed by atoms with Crippen LogP contribution in [0.1, 0.15) is 44.2 Å². The first-order valence-corrected chi connectivity index (χ1v) is 21.4. The third-order valence-electron chi connectivity index (χ3n) is 10.8. The highest BCUT2D eigenvalue weighted by molar-refractivity contribution is 7.09. The standard InChI is InChI=1S/C41H67N9O7S/c1-29(2)36(43-40(54)46(5)14-16-48-18-22-56-23-19-48)38(52)34(35(42)31-11-8-7-9-12-31)33(51)28-50(27-32-13-10-26-58-32)45-39(53)37(30(3)4)44-41(55)47(6)15-17-49-20-24-57-25-21-49/h7-13,26,29-30,33-37,51H,14-25,27-28,42H2,1-6H3,(H,43,54)(H,44,55)(H,45,53)/t33-,34?,35?,36-,37-/m0/s1. The lowest BCUT2D eigenvalue weighted by Crippen LogP contribution is -2.59. The minimum atomic E-state index is -1.38.